The van der Waals surface area contributed by atoms with Crippen molar-refractivity contribution in [2.45, 2.75) is 30.3 Å². The van der Waals surface area contributed by atoms with Gasteiger partial charge in [0.05, 0.1) is 0 Å². The molecular formula is C33H33BO4. The highest BCUT2D eigenvalue weighted by Gasteiger charge is 2.61. The molecule has 0 radical (unpaired) electrons. The smallest absolute Gasteiger partial charge is 0.398 e. The van der Waals surface area contributed by atoms with Gasteiger partial charge in [0.2, 0.25) is 0 Å². The highest BCUT2D eigenvalue weighted by atomic mass is 16.7. The number of benzene rings is 4. The van der Waals surface area contributed by atoms with Gasteiger partial charge in [-0.3, -0.25) is 0 Å². The maximum Gasteiger partial charge on any atom is 0.489 e. The maximum atomic E-state index is 6.82. The van der Waals surface area contributed by atoms with Crippen LogP contribution in [0.3, 0.4) is 0 Å². The van der Waals surface area contributed by atoms with E-state index in [9.17, 15) is 0 Å². The minimum absolute atomic E-state index is 0.612. The van der Waals surface area contributed by atoms with Crippen molar-refractivity contribution in [1.82, 2.24) is 0 Å². The second-order valence-corrected chi connectivity index (χ2v) is 9.64. The molecule has 192 valence electrons. The van der Waals surface area contributed by atoms with E-state index < -0.39 is 30.5 Å². The molecule has 4 aromatic rings. The van der Waals surface area contributed by atoms with Gasteiger partial charge in [0.25, 0.3) is 0 Å². The summed E-state index contributed by atoms with van der Waals surface area (Å²) in [5, 5.41) is 0. The van der Waals surface area contributed by atoms with E-state index in [0.29, 0.717) is 0 Å². The molecule has 0 spiro atoms. The van der Waals surface area contributed by atoms with Crippen molar-refractivity contribution < 1.29 is 18.8 Å². The minimum Gasteiger partial charge on any atom is -0.398 e. The third-order valence-corrected chi connectivity index (χ3v) is 7.47. The zero-order valence-electron chi connectivity index (χ0n) is 22.1. The lowest BCUT2D eigenvalue weighted by atomic mass is 9.71. The van der Waals surface area contributed by atoms with Crippen LogP contribution >= 0.6 is 0 Å². The van der Waals surface area contributed by atoms with Gasteiger partial charge in [-0.1, -0.05) is 127 Å². The van der Waals surface area contributed by atoms with E-state index in [2.05, 4.69) is 55.1 Å². The Hall–Kier alpha value is -3.48. The number of allylic oxidation sites excluding steroid dienone is 1. The lowest BCUT2D eigenvalue weighted by Gasteiger charge is -2.46. The Morgan fingerprint density at radius 3 is 1.05 bits per heavy atom. The molecule has 1 aliphatic heterocycles. The first-order valence-corrected chi connectivity index (χ1v) is 12.9. The predicted molar refractivity (Wildman–Crippen MR) is 152 cm³/mol. The Kier molecular flexibility index (Phi) is 7.64. The van der Waals surface area contributed by atoms with Crippen LogP contribution in [0.4, 0.5) is 0 Å². The number of methoxy groups -OCH3 is 2. The van der Waals surface area contributed by atoms with Gasteiger partial charge in [-0.05, 0) is 29.2 Å². The number of rotatable bonds is 9. The molecule has 5 rings (SSSR count). The van der Waals surface area contributed by atoms with Crippen LogP contribution in [0, 0.1) is 0 Å². The number of hydrogen-bond acceptors (Lipinski definition) is 4. The molecule has 38 heavy (non-hydrogen) atoms. The maximum absolute atomic E-state index is 6.82. The summed E-state index contributed by atoms with van der Waals surface area (Å²) in [6.07, 6.45) is -1.22. The van der Waals surface area contributed by atoms with Gasteiger partial charge < -0.3 is 18.8 Å². The fourth-order valence-corrected chi connectivity index (χ4v) is 5.73. The van der Waals surface area contributed by atoms with Crippen molar-refractivity contribution >= 4 is 7.12 Å². The molecule has 5 heteroatoms. The average Bonchev–Trinajstić information content (AvgIpc) is 3.43. The summed E-state index contributed by atoms with van der Waals surface area (Å²) in [7, 11) is 2.82. The van der Waals surface area contributed by atoms with Crippen LogP contribution < -0.4 is 0 Å². The number of ether oxygens (including phenoxy) is 2. The van der Waals surface area contributed by atoms with E-state index in [1.54, 1.807) is 14.2 Å². The van der Waals surface area contributed by atoms with Crippen molar-refractivity contribution in [3.8, 4) is 0 Å². The van der Waals surface area contributed by atoms with Gasteiger partial charge in [-0.2, -0.15) is 0 Å². The molecule has 1 aliphatic rings. The van der Waals surface area contributed by atoms with Crippen LogP contribution in [0.15, 0.2) is 133 Å². The Morgan fingerprint density at radius 1 is 0.579 bits per heavy atom. The van der Waals surface area contributed by atoms with Gasteiger partial charge in [-0.25, -0.2) is 0 Å². The molecule has 4 nitrogen and oxygen atoms in total. The molecule has 0 bridgehead atoms. The molecule has 2 unspecified atom stereocenters. The third kappa shape index (κ3) is 4.32. The van der Waals surface area contributed by atoms with Gasteiger partial charge in [-0.15, -0.1) is 6.58 Å². The van der Waals surface area contributed by atoms with Crippen LogP contribution in [0.5, 0.6) is 0 Å². The fourth-order valence-electron chi connectivity index (χ4n) is 5.73. The van der Waals surface area contributed by atoms with E-state index in [1.165, 1.54) is 0 Å². The van der Waals surface area contributed by atoms with Crippen molar-refractivity contribution in [2.24, 2.45) is 0 Å². The Balaban J connectivity index is 1.82. The molecule has 0 N–H and O–H groups in total. The van der Waals surface area contributed by atoms with Crippen molar-refractivity contribution in [1.29, 1.82) is 0 Å². The summed E-state index contributed by atoms with van der Waals surface area (Å²) in [6.45, 7) is 6.10. The van der Waals surface area contributed by atoms with E-state index in [0.717, 1.165) is 27.7 Å². The van der Waals surface area contributed by atoms with E-state index in [1.807, 2.05) is 79.7 Å². The quantitative estimate of drug-likeness (QED) is 0.242. The summed E-state index contributed by atoms with van der Waals surface area (Å²) in [5.41, 5.74) is 2.59. The van der Waals surface area contributed by atoms with Crippen LogP contribution in [0.2, 0.25) is 0 Å². The highest BCUT2D eigenvalue weighted by Crippen LogP contribution is 2.50. The zero-order chi connectivity index (χ0) is 26.6. The van der Waals surface area contributed by atoms with Crippen LogP contribution in [-0.2, 0) is 30.0 Å². The van der Waals surface area contributed by atoms with Crippen molar-refractivity contribution in [3.63, 3.8) is 0 Å². The lowest BCUT2D eigenvalue weighted by molar-refractivity contribution is -0.136. The standard InChI is InChI=1S/C33H33BO4/c1-25(2)34-37-30(32(35-3,26-17-9-5-10-18-26)27-19-11-6-12-20-27)31(38-34)33(36-4,28-21-13-7-14-22-28)29-23-15-8-16-24-29/h5-24,30-31H,1H2,2-4H3. The molecule has 0 aliphatic carbocycles. The molecular weight excluding hydrogens is 471 g/mol. The summed E-state index contributed by atoms with van der Waals surface area (Å²) < 4.78 is 26.8. The molecule has 0 saturated carbocycles. The van der Waals surface area contributed by atoms with Crippen LogP contribution in [0.25, 0.3) is 0 Å². The molecule has 1 fully saturated rings. The first-order chi connectivity index (χ1) is 18.6. The monoisotopic (exact) mass is 504 g/mol. The normalized spacial score (nSPS) is 17.9. The molecule has 0 aromatic heterocycles. The molecule has 0 amide bonds. The lowest BCUT2D eigenvalue weighted by Crippen LogP contribution is -2.56. The van der Waals surface area contributed by atoms with Crippen molar-refractivity contribution in [2.75, 3.05) is 14.2 Å². The topological polar surface area (TPSA) is 36.9 Å². The van der Waals surface area contributed by atoms with Crippen LogP contribution in [-0.4, -0.2) is 33.5 Å². The van der Waals surface area contributed by atoms with Gasteiger partial charge in [0, 0.05) is 14.2 Å². The molecule has 4 aromatic carbocycles. The number of hydrogen-bond donors (Lipinski definition) is 0. The van der Waals surface area contributed by atoms with Crippen LogP contribution in [0.1, 0.15) is 29.2 Å². The highest BCUT2D eigenvalue weighted by molar-refractivity contribution is 6.54. The van der Waals surface area contributed by atoms with Gasteiger partial charge in [0.1, 0.15) is 23.4 Å². The predicted octanol–water partition coefficient (Wildman–Crippen LogP) is 6.55. The van der Waals surface area contributed by atoms with E-state index in [-0.39, 0.29) is 0 Å². The summed E-state index contributed by atoms with van der Waals surface area (Å²) >= 11 is 0. The minimum atomic E-state index is -1.01. The second-order valence-electron chi connectivity index (χ2n) is 9.64. The molecule has 1 saturated heterocycles. The second kappa shape index (κ2) is 11.1. The Morgan fingerprint density at radius 2 is 0.842 bits per heavy atom. The summed E-state index contributed by atoms with van der Waals surface area (Å²) in [5.74, 6) is 0. The molecule has 1 heterocycles. The summed E-state index contributed by atoms with van der Waals surface area (Å²) in [4.78, 5) is 0. The fraction of sp³-hybridized carbons (Fsp3) is 0.212. The summed E-state index contributed by atoms with van der Waals surface area (Å²) in [6, 6.07) is 40.8. The largest absolute Gasteiger partial charge is 0.489 e. The molecule has 2 atom stereocenters. The zero-order valence-corrected chi connectivity index (χ0v) is 22.1. The van der Waals surface area contributed by atoms with Gasteiger partial charge in [0.15, 0.2) is 0 Å². The first kappa shape index (κ1) is 26.1. The van der Waals surface area contributed by atoms with Crippen molar-refractivity contribution in [3.05, 3.63) is 156 Å². The Bertz CT molecular complexity index is 1150. The average molecular weight is 504 g/mol. The Labute approximate surface area is 226 Å². The van der Waals surface area contributed by atoms with E-state index in [4.69, 9.17) is 18.8 Å². The first-order valence-electron chi connectivity index (χ1n) is 12.9. The third-order valence-electron chi connectivity index (χ3n) is 7.47. The van der Waals surface area contributed by atoms with Gasteiger partial charge >= 0.3 is 7.12 Å². The SMILES string of the molecule is C=C(C)B1OC(C(OC)(c2ccccc2)c2ccccc2)C(C(OC)(c2ccccc2)c2ccccc2)O1. The van der Waals surface area contributed by atoms with E-state index >= 15 is 0 Å².